The smallest absolute Gasteiger partial charge is 0.313 e. The lowest BCUT2D eigenvalue weighted by Gasteiger charge is -2.16. The van der Waals surface area contributed by atoms with Crippen LogP contribution in [0.3, 0.4) is 0 Å². The summed E-state index contributed by atoms with van der Waals surface area (Å²) in [5.74, 6) is -0.798. The van der Waals surface area contributed by atoms with E-state index in [9.17, 15) is 9.59 Å². The molecule has 2 atom stereocenters. The standard InChI is InChI=1S/C22H25NO5S/c1-3-27-21(25)22(13-19(22)20(24)23-26)12-15-4-8-17(9-5-15)28-14-16-6-10-18(29-2)11-7-16/h4-11,19,26H,3,12-14H2,1-2H3,(H,23,24)/t19-,22+/m1/s1. The lowest BCUT2D eigenvalue weighted by atomic mass is 9.93. The van der Waals surface area contributed by atoms with Crippen molar-refractivity contribution in [2.24, 2.45) is 11.3 Å². The van der Waals surface area contributed by atoms with E-state index < -0.39 is 23.2 Å². The fraction of sp³-hybridized carbons (Fsp3) is 0.364. The molecule has 1 amide bonds. The molecular weight excluding hydrogens is 390 g/mol. The maximum absolute atomic E-state index is 12.4. The maximum Gasteiger partial charge on any atom is 0.313 e. The zero-order valence-corrected chi connectivity index (χ0v) is 17.3. The second kappa shape index (κ2) is 9.33. The van der Waals surface area contributed by atoms with Crippen molar-refractivity contribution >= 4 is 23.6 Å². The number of carbonyl (C=O) groups excluding carboxylic acids is 2. The van der Waals surface area contributed by atoms with Gasteiger partial charge in [-0.2, -0.15) is 0 Å². The molecule has 2 N–H and O–H groups in total. The van der Waals surface area contributed by atoms with Crippen LogP contribution >= 0.6 is 11.8 Å². The van der Waals surface area contributed by atoms with Gasteiger partial charge in [-0.05, 0) is 61.4 Å². The molecule has 6 nitrogen and oxygen atoms in total. The normalized spacial score (nSPS) is 20.0. The molecule has 1 saturated carbocycles. The van der Waals surface area contributed by atoms with Crippen LogP contribution in [-0.2, 0) is 27.4 Å². The Bertz CT molecular complexity index is 853. The Morgan fingerprint density at radius 2 is 1.79 bits per heavy atom. The molecule has 2 aromatic rings. The first-order valence-electron chi connectivity index (χ1n) is 9.48. The van der Waals surface area contributed by atoms with Gasteiger partial charge in [0.05, 0.1) is 17.9 Å². The highest BCUT2D eigenvalue weighted by atomic mass is 32.2. The van der Waals surface area contributed by atoms with Gasteiger partial charge < -0.3 is 9.47 Å². The van der Waals surface area contributed by atoms with Crippen molar-refractivity contribution in [1.82, 2.24) is 5.48 Å². The lowest BCUT2D eigenvalue weighted by molar-refractivity contribution is -0.152. The van der Waals surface area contributed by atoms with Crippen LogP contribution < -0.4 is 10.2 Å². The van der Waals surface area contributed by atoms with Crippen LogP contribution in [0.1, 0.15) is 24.5 Å². The summed E-state index contributed by atoms with van der Waals surface area (Å²) in [4.78, 5) is 25.4. The summed E-state index contributed by atoms with van der Waals surface area (Å²) in [7, 11) is 0. The molecule has 3 rings (SSSR count). The highest BCUT2D eigenvalue weighted by Gasteiger charge is 2.64. The summed E-state index contributed by atoms with van der Waals surface area (Å²) in [6, 6.07) is 15.7. The van der Waals surface area contributed by atoms with Gasteiger partial charge in [-0.1, -0.05) is 24.3 Å². The third-order valence-corrected chi connectivity index (χ3v) is 5.93. The third-order valence-electron chi connectivity index (χ3n) is 5.19. The summed E-state index contributed by atoms with van der Waals surface area (Å²) in [6.45, 7) is 2.45. The Morgan fingerprint density at radius 1 is 1.14 bits per heavy atom. The number of ether oxygens (including phenoxy) is 2. The first kappa shape index (κ1) is 21.2. The molecule has 0 radical (unpaired) electrons. The van der Waals surface area contributed by atoms with E-state index in [-0.39, 0.29) is 6.61 Å². The van der Waals surface area contributed by atoms with Crippen LogP contribution in [-0.4, -0.2) is 29.9 Å². The molecule has 1 aliphatic rings. The highest BCUT2D eigenvalue weighted by Crippen LogP contribution is 2.55. The van der Waals surface area contributed by atoms with E-state index in [0.29, 0.717) is 19.4 Å². The summed E-state index contributed by atoms with van der Waals surface area (Å²) in [6.07, 6.45) is 2.78. The molecule has 0 saturated heterocycles. The molecular formula is C22H25NO5S. The van der Waals surface area contributed by atoms with Crippen LogP contribution in [0.25, 0.3) is 0 Å². The van der Waals surface area contributed by atoms with Crippen LogP contribution in [0, 0.1) is 11.3 Å². The average molecular weight is 416 g/mol. The minimum absolute atomic E-state index is 0.249. The van der Waals surface area contributed by atoms with Gasteiger partial charge in [0.25, 0.3) is 0 Å². The van der Waals surface area contributed by atoms with Crippen molar-refractivity contribution in [3.05, 3.63) is 59.7 Å². The van der Waals surface area contributed by atoms with Crippen molar-refractivity contribution in [3.63, 3.8) is 0 Å². The van der Waals surface area contributed by atoms with Crippen LogP contribution in [0.2, 0.25) is 0 Å². The Morgan fingerprint density at radius 3 is 2.38 bits per heavy atom. The number of hydroxylamine groups is 1. The molecule has 1 fully saturated rings. The van der Waals surface area contributed by atoms with Crippen molar-refractivity contribution in [2.75, 3.05) is 12.9 Å². The van der Waals surface area contributed by atoms with Gasteiger partial charge >= 0.3 is 5.97 Å². The Hall–Kier alpha value is -2.51. The molecule has 0 unspecified atom stereocenters. The van der Waals surface area contributed by atoms with E-state index in [1.807, 2.05) is 42.7 Å². The molecule has 0 spiro atoms. The van der Waals surface area contributed by atoms with Gasteiger partial charge in [0.15, 0.2) is 0 Å². The molecule has 7 heteroatoms. The third kappa shape index (κ3) is 4.92. The summed E-state index contributed by atoms with van der Waals surface area (Å²) in [5, 5.41) is 8.90. The number of esters is 1. The molecule has 1 aliphatic carbocycles. The van der Waals surface area contributed by atoms with Gasteiger partial charge in [-0.3, -0.25) is 14.8 Å². The lowest BCUT2D eigenvalue weighted by Crippen LogP contribution is -2.30. The predicted octanol–water partition coefficient (Wildman–Crippen LogP) is 3.60. The second-order valence-electron chi connectivity index (χ2n) is 7.07. The number of amides is 1. The topological polar surface area (TPSA) is 84.9 Å². The van der Waals surface area contributed by atoms with Crippen molar-refractivity contribution < 1.29 is 24.3 Å². The van der Waals surface area contributed by atoms with E-state index >= 15 is 0 Å². The van der Waals surface area contributed by atoms with Crippen LogP contribution in [0.5, 0.6) is 5.75 Å². The van der Waals surface area contributed by atoms with E-state index in [1.165, 1.54) is 4.90 Å². The van der Waals surface area contributed by atoms with Crippen LogP contribution in [0.4, 0.5) is 0 Å². The quantitative estimate of drug-likeness (QED) is 0.282. The first-order valence-corrected chi connectivity index (χ1v) is 10.7. The van der Waals surface area contributed by atoms with E-state index in [2.05, 4.69) is 12.1 Å². The molecule has 2 aromatic carbocycles. The van der Waals surface area contributed by atoms with Gasteiger partial charge in [-0.15, -0.1) is 11.8 Å². The predicted molar refractivity (Wildman–Crippen MR) is 110 cm³/mol. The number of carbonyl (C=O) groups is 2. The Kier molecular flexibility index (Phi) is 6.82. The largest absolute Gasteiger partial charge is 0.489 e. The van der Waals surface area contributed by atoms with Crippen molar-refractivity contribution in [3.8, 4) is 5.75 Å². The molecule has 154 valence electrons. The maximum atomic E-state index is 12.4. The van der Waals surface area contributed by atoms with Gasteiger partial charge in [0, 0.05) is 4.90 Å². The minimum Gasteiger partial charge on any atom is -0.489 e. The monoisotopic (exact) mass is 415 g/mol. The van der Waals surface area contributed by atoms with E-state index in [0.717, 1.165) is 16.9 Å². The average Bonchev–Trinajstić information content (AvgIpc) is 3.48. The molecule has 29 heavy (non-hydrogen) atoms. The van der Waals surface area contributed by atoms with Gasteiger partial charge in [0.1, 0.15) is 12.4 Å². The number of nitrogens with one attached hydrogen (secondary N) is 1. The highest BCUT2D eigenvalue weighted by molar-refractivity contribution is 7.98. The number of hydrogen-bond donors (Lipinski definition) is 2. The molecule has 0 aliphatic heterocycles. The number of benzene rings is 2. The van der Waals surface area contributed by atoms with Crippen molar-refractivity contribution in [2.45, 2.75) is 31.3 Å². The first-order chi connectivity index (χ1) is 14.0. The summed E-state index contributed by atoms with van der Waals surface area (Å²) >= 11 is 1.70. The zero-order chi connectivity index (χ0) is 20.9. The van der Waals surface area contributed by atoms with Gasteiger partial charge in [0.2, 0.25) is 5.91 Å². The fourth-order valence-corrected chi connectivity index (χ4v) is 3.86. The van der Waals surface area contributed by atoms with Gasteiger partial charge in [-0.25, -0.2) is 5.48 Å². The molecule has 0 heterocycles. The number of hydrogen-bond acceptors (Lipinski definition) is 6. The van der Waals surface area contributed by atoms with Crippen molar-refractivity contribution in [1.29, 1.82) is 0 Å². The summed E-state index contributed by atoms with van der Waals surface area (Å²) in [5.41, 5.74) is 2.73. The summed E-state index contributed by atoms with van der Waals surface area (Å²) < 4.78 is 11.0. The zero-order valence-electron chi connectivity index (χ0n) is 16.5. The second-order valence-corrected chi connectivity index (χ2v) is 7.95. The molecule has 0 aromatic heterocycles. The fourth-order valence-electron chi connectivity index (χ4n) is 3.45. The van der Waals surface area contributed by atoms with Crippen LogP contribution in [0.15, 0.2) is 53.4 Å². The number of thioether (sulfide) groups is 1. The Balaban J connectivity index is 1.62. The number of rotatable bonds is 9. The van der Waals surface area contributed by atoms with E-state index in [4.69, 9.17) is 14.7 Å². The molecule has 0 bridgehead atoms. The van der Waals surface area contributed by atoms with E-state index in [1.54, 1.807) is 24.2 Å². The minimum atomic E-state index is -0.912. The Labute approximate surface area is 174 Å². The SMILES string of the molecule is CCOC(=O)[C@@]1(Cc2ccc(OCc3ccc(SC)cc3)cc2)C[C@@H]1C(=O)NO.